The van der Waals surface area contributed by atoms with Crippen LogP contribution in [0.3, 0.4) is 0 Å². The van der Waals surface area contributed by atoms with Crippen LogP contribution in [0.5, 0.6) is 0 Å². The van der Waals surface area contributed by atoms with Gasteiger partial charge >= 0.3 is 0 Å². The van der Waals surface area contributed by atoms with Crippen molar-refractivity contribution in [2.45, 2.75) is 39.3 Å². The average Bonchev–Trinajstić information content (AvgIpc) is 2.37. The molecule has 0 heterocycles. The van der Waals surface area contributed by atoms with E-state index in [9.17, 15) is 0 Å². The van der Waals surface area contributed by atoms with Gasteiger partial charge in [-0.05, 0) is 59.0 Å². The van der Waals surface area contributed by atoms with E-state index in [2.05, 4.69) is 38.0 Å². The predicted octanol–water partition coefficient (Wildman–Crippen LogP) is 4.37. The summed E-state index contributed by atoms with van der Waals surface area (Å²) in [6, 6.07) is 6.59. The van der Waals surface area contributed by atoms with E-state index in [4.69, 9.17) is 23.2 Å². The van der Waals surface area contributed by atoms with Crippen molar-refractivity contribution in [3.63, 3.8) is 0 Å². The first-order chi connectivity index (χ1) is 8.93. The Labute approximate surface area is 127 Å². The van der Waals surface area contributed by atoms with Crippen molar-refractivity contribution in [1.82, 2.24) is 10.2 Å². The molecule has 4 heteroatoms. The number of nitrogens with zero attached hydrogens (tertiary/aromatic N) is 1. The molecule has 19 heavy (non-hydrogen) atoms. The first-order valence-electron chi connectivity index (χ1n) is 6.81. The Morgan fingerprint density at radius 3 is 2.53 bits per heavy atom. The number of halogens is 2. The molecule has 0 fully saturated rings. The van der Waals surface area contributed by atoms with Crippen LogP contribution in [-0.2, 0) is 0 Å². The summed E-state index contributed by atoms with van der Waals surface area (Å²) in [5.74, 6) is 0. The van der Waals surface area contributed by atoms with Gasteiger partial charge in [0.15, 0.2) is 0 Å². The predicted molar refractivity (Wildman–Crippen MR) is 85.3 cm³/mol. The molecule has 0 spiro atoms. The summed E-state index contributed by atoms with van der Waals surface area (Å²) >= 11 is 12.2. The van der Waals surface area contributed by atoms with Crippen molar-refractivity contribution in [3.05, 3.63) is 33.8 Å². The Kier molecular flexibility index (Phi) is 7.16. The first kappa shape index (κ1) is 16.8. The zero-order chi connectivity index (χ0) is 14.4. The van der Waals surface area contributed by atoms with Crippen molar-refractivity contribution < 1.29 is 0 Å². The molecule has 108 valence electrons. The summed E-state index contributed by atoms with van der Waals surface area (Å²) in [5, 5.41) is 4.77. The third-order valence-electron chi connectivity index (χ3n) is 3.47. The van der Waals surface area contributed by atoms with Crippen molar-refractivity contribution in [2.24, 2.45) is 0 Å². The quantitative estimate of drug-likeness (QED) is 0.752. The topological polar surface area (TPSA) is 15.3 Å². The molecule has 0 saturated heterocycles. The Morgan fingerprint density at radius 2 is 1.89 bits per heavy atom. The second kappa shape index (κ2) is 8.11. The van der Waals surface area contributed by atoms with Crippen LogP contribution in [0.2, 0.25) is 10.0 Å². The van der Waals surface area contributed by atoms with Gasteiger partial charge in [0.25, 0.3) is 0 Å². The summed E-state index contributed by atoms with van der Waals surface area (Å²) < 4.78 is 0. The maximum atomic E-state index is 6.21. The minimum atomic E-state index is 0.218. The second-order valence-corrected chi connectivity index (χ2v) is 6.03. The van der Waals surface area contributed by atoms with Gasteiger partial charge in [-0.1, -0.05) is 35.3 Å². The summed E-state index contributed by atoms with van der Waals surface area (Å²) in [6.07, 6.45) is 1.12. The molecule has 1 unspecified atom stereocenters. The average molecular weight is 303 g/mol. The Balaban J connectivity index is 2.39. The summed E-state index contributed by atoms with van der Waals surface area (Å²) in [6.45, 7) is 8.61. The first-order valence-corrected chi connectivity index (χ1v) is 7.56. The van der Waals surface area contributed by atoms with Crippen molar-refractivity contribution in [1.29, 1.82) is 0 Å². The van der Waals surface area contributed by atoms with E-state index in [1.807, 2.05) is 18.2 Å². The molecule has 0 aromatic heterocycles. The standard InChI is InChI=1S/C15H24Cl2N2/c1-11(2)19(4)10-6-9-18-12(3)13-7-5-8-14(16)15(13)17/h5,7-8,11-12,18H,6,9-10H2,1-4H3. The highest BCUT2D eigenvalue weighted by Gasteiger charge is 2.11. The summed E-state index contributed by atoms with van der Waals surface area (Å²) in [7, 11) is 2.15. The number of nitrogens with one attached hydrogen (secondary N) is 1. The van der Waals surface area contributed by atoms with E-state index in [1.54, 1.807) is 0 Å². The highest BCUT2D eigenvalue weighted by Crippen LogP contribution is 2.29. The largest absolute Gasteiger partial charge is 0.310 e. The van der Waals surface area contributed by atoms with Gasteiger partial charge in [0.2, 0.25) is 0 Å². The molecule has 1 aromatic rings. The van der Waals surface area contributed by atoms with Crippen molar-refractivity contribution >= 4 is 23.2 Å². The van der Waals surface area contributed by atoms with Gasteiger partial charge in [-0.25, -0.2) is 0 Å². The molecule has 1 N–H and O–H groups in total. The van der Waals surface area contributed by atoms with Gasteiger partial charge < -0.3 is 10.2 Å². The van der Waals surface area contributed by atoms with E-state index in [1.165, 1.54) is 0 Å². The van der Waals surface area contributed by atoms with Crippen LogP contribution in [0, 0.1) is 0 Å². The molecule has 2 nitrogen and oxygen atoms in total. The van der Waals surface area contributed by atoms with Crippen molar-refractivity contribution in [2.75, 3.05) is 20.1 Å². The van der Waals surface area contributed by atoms with Crippen LogP contribution in [0.4, 0.5) is 0 Å². The highest BCUT2D eigenvalue weighted by molar-refractivity contribution is 6.42. The van der Waals surface area contributed by atoms with Crippen LogP contribution in [0.15, 0.2) is 18.2 Å². The van der Waals surface area contributed by atoms with E-state index < -0.39 is 0 Å². The number of rotatable bonds is 7. The maximum Gasteiger partial charge on any atom is 0.0639 e. The number of benzene rings is 1. The molecule has 0 aliphatic rings. The molecular weight excluding hydrogens is 279 g/mol. The van der Waals surface area contributed by atoms with Gasteiger partial charge in [-0.15, -0.1) is 0 Å². The van der Waals surface area contributed by atoms with Gasteiger partial charge in [0.05, 0.1) is 10.0 Å². The molecule has 0 aliphatic carbocycles. The smallest absolute Gasteiger partial charge is 0.0639 e. The van der Waals surface area contributed by atoms with E-state index >= 15 is 0 Å². The van der Waals surface area contributed by atoms with Crippen molar-refractivity contribution in [3.8, 4) is 0 Å². The molecule has 0 aliphatic heterocycles. The molecule has 1 rings (SSSR count). The molecule has 0 radical (unpaired) electrons. The molecule has 0 bridgehead atoms. The Bertz CT molecular complexity index is 394. The lowest BCUT2D eigenvalue weighted by molar-refractivity contribution is 0.268. The van der Waals surface area contributed by atoms with Gasteiger partial charge in [0, 0.05) is 12.1 Å². The van der Waals surface area contributed by atoms with Crippen LogP contribution in [0.25, 0.3) is 0 Å². The minimum Gasteiger partial charge on any atom is -0.310 e. The zero-order valence-corrected chi connectivity index (χ0v) is 13.7. The Hall–Kier alpha value is -0.280. The fourth-order valence-corrected chi connectivity index (χ4v) is 2.34. The SMILES string of the molecule is CC(NCCCN(C)C(C)C)c1cccc(Cl)c1Cl. The number of hydrogen-bond acceptors (Lipinski definition) is 2. The molecule has 0 amide bonds. The third-order valence-corrected chi connectivity index (χ3v) is 4.30. The van der Waals surface area contributed by atoms with Crippen LogP contribution >= 0.6 is 23.2 Å². The fourth-order valence-electron chi connectivity index (χ4n) is 1.87. The van der Waals surface area contributed by atoms with Gasteiger partial charge in [-0.3, -0.25) is 0 Å². The van der Waals surface area contributed by atoms with Gasteiger partial charge in [0.1, 0.15) is 0 Å². The highest BCUT2D eigenvalue weighted by atomic mass is 35.5. The molecular formula is C15H24Cl2N2. The van der Waals surface area contributed by atoms with E-state index in [0.717, 1.165) is 25.1 Å². The normalized spacial score (nSPS) is 13.3. The van der Waals surface area contributed by atoms with Crippen LogP contribution in [0.1, 0.15) is 38.8 Å². The summed E-state index contributed by atoms with van der Waals surface area (Å²) in [5.41, 5.74) is 1.06. The summed E-state index contributed by atoms with van der Waals surface area (Å²) in [4.78, 5) is 2.35. The zero-order valence-electron chi connectivity index (χ0n) is 12.2. The molecule has 1 aromatic carbocycles. The second-order valence-electron chi connectivity index (χ2n) is 5.25. The Morgan fingerprint density at radius 1 is 1.21 bits per heavy atom. The van der Waals surface area contributed by atoms with Crippen LogP contribution in [-0.4, -0.2) is 31.1 Å². The third kappa shape index (κ3) is 5.31. The van der Waals surface area contributed by atoms with E-state index in [-0.39, 0.29) is 6.04 Å². The molecule has 1 atom stereocenters. The molecule has 0 saturated carbocycles. The van der Waals surface area contributed by atoms with Gasteiger partial charge in [-0.2, -0.15) is 0 Å². The number of hydrogen-bond donors (Lipinski definition) is 1. The lowest BCUT2D eigenvalue weighted by Gasteiger charge is -2.22. The van der Waals surface area contributed by atoms with Crippen LogP contribution < -0.4 is 5.32 Å². The van der Waals surface area contributed by atoms with E-state index in [0.29, 0.717) is 16.1 Å². The fraction of sp³-hybridized carbons (Fsp3) is 0.600. The monoisotopic (exact) mass is 302 g/mol. The minimum absolute atomic E-state index is 0.218. The lowest BCUT2D eigenvalue weighted by atomic mass is 10.1. The lowest BCUT2D eigenvalue weighted by Crippen LogP contribution is -2.30. The maximum absolute atomic E-state index is 6.21.